The summed E-state index contributed by atoms with van der Waals surface area (Å²) in [4.78, 5) is 64.8. The summed E-state index contributed by atoms with van der Waals surface area (Å²) in [6.45, 7) is 5.21. The fraction of sp³-hybridized carbons (Fsp3) is 0.0968. The van der Waals surface area contributed by atoms with Crippen molar-refractivity contribution in [1.82, 2.24) is 28.7 Å². The van der Waals surface area contributed by atoms with Crippen molar-refractivity contribution in [2.75, 3.05) is 5.73 Å². The average Bonchev–Trinajstić information content (AvgIpc) is 4.26. The molecular weight excluding hydrogens is 1000 g/mol. The highest BCUT2D eigenvalue weighted by Gasteiger charge is 2.20. The molecule has 7 aromatic carbocycles. The third-order valence-electron chi connectivity index (χ3n) is 12.7. The van der Waals surface area contributed by atoms with E-state index in [-0.39, 0.29) is 53.2 Å². The normalized spacial score (nSPS) is 10.9. The number of nitrogens with two attached hydrogens (primary N) is 1. The maximum absolute atomic E-state index is 13.8. The Bertz CT molecular complexity index is 4140. The fourth-order valence-electron chi connectivity index (χ4n) is 8.96. The summed E-state index contributed by atoms with van der Waals surface area (Å²) in [6.07, 6.45) is 1.62. The molecule has 0 aliphatic rings. The first-order chi connectivity index (χ1) is 37.4. The van der Waals surface area contributed by atoms with E-state index in [4.69, 9.17) is 10.2 Å². The Hall–Kier alpha value is -9.93. The summed E-state index contributed by atoms with van der Waals surface area (Å²) < 4.78 is 24.3. The van der Waals surface area contributed by atoms with Crippen molar-refractivity contribution >= 4 is 55.8 Å². The van der Waals surface area contributed by atoms with Gasteiger partial charge in [-0.2, -0.15) is 0 Å². The highest BCUT2D eigenvalue weighted by Crippen LogP contribution is 2.29. The number of aromatic nitrogens is 6. The van der Waals surface area contributed by atoms with Crippen molar-refractivity contribution in [3.8, 4) is 33.8 Å². The maximum Gasteiger partial charge on any atom is 0.278 e. The summed E-state index contributed by atoms with van der Waals surface area (Å²) in [5.41, 5.74) is 15.1. The van der Waals surface area contributed by atoms with Gasteiger partial charge in [-0.15, -0.1) is 11.3 Å². The van der Waals surface area contributed by atoms with Gasteiger partial charge in [0.05, 0.1) is 63.9 Å². The van der Waals surface area contributed by atoms with Gasteiger partial charge in [0.25, 0.3) is 22.4 Å². The molecule has 12 rings (SSSR count). The molecule has 16 heteroatoms. The van der Waals surface area contributed by atoms with Gasteiger partial charge < -0.3 is 14.7 Å². The quantitative estimate of drug-likeness (QED) is 0.0784. The van der Waals surface area contributed by atoms with E-state index in [0.29, 0.717) is 30.0 Å². The Morgan fingerprint density at radius 3 is 1.71 bits per heavy atom. The molecule has 5 aromatic heterocycles. The Morgan fingerprint density at radius 2 is 1.13 bits per heavy atom. The van der Waals surface area contributed by atoms with E-state index in [1.807, 2.05) is 169 Å². The van der Waals surface area contributed by atoms with E-state index >= 15 is 0 Å². The van der Waals surface area contributed by atoms with Crippen molar-refractivity contribution < 1.29 is 13.7 Å². The van der Waals surface area contributed by atoms with E-state index < -0.39 is 16.3 Å². The van der Waals surface area contributed by atoms with E-state index in [0.717, 1.165) is 60.5 Å². The zero-order valence-corrected chi connectivity index (χ0v) is 42.4. The fourth-order valence-corrected chi connectivity index (χ4v) is 9.65. The third-order valence-corrected chi connectivity index (χ3v) is 13.5. The van der Waals surface area contributed by atoms with Crippen molar-refractivity contribution in [3.05, 3.63) is 274 Å². The molecule has 0 saturated heterocycles. The Balaban J connectivity index is 0.000000142. The topological polar surface area (TPSA) is 187 Å². The van der Waals surface area contributed by atoms with E-state index in [9.17, 15) is 28.9 Å². The van der Waals surface area contributed by atoms with Gasteiger partial charge in [0, 0.05) is 45.5 Å². The smallest absolute Gasteiger partial charge is 0.278 e. The molecule has 78 heavy (non-hydrogen) atoms. The highest BCUT2D eigenvalue weighted by molar-refractivity contribution is 7.09. The number of anilines is 1. The highest BCUT2D eigenvalue weighted by atomic mass is 32.1. The minimum absolute atomic E-state index is 0. The summed E-state index contributed by atoms with van der Waals surface area (Å²) in [6, 6.07) is 56.1. The molecule has 0 aliphatic carbocycles. The standard InChI is InChI=1S/C21H15FN4O3.C20H16N2O2.C20H16N2OS.CH4/c22-14-6-9-19-18(10-14)24-20(16-11-15(26(28)29)7-8-17(16)23)21(27)25(19)12-13-4-2-1-3-5-13;2*1-14-6-4-7-15(12-14)19-20(23)22(13-16-8-5-11-24-16)18-10-3-2-9-17(18)21-19;/h1-11H,12,23H2;2*2-12H,13H2,1H3;1H4. The third kappa shape index (κ3) is 11.5. The molecule has 0 atom stereocenters. The lowest BCUT2D eigenvalue weighted by Gasteiger charge is -2.13. The van der Waals surface area contributed by atoms with Gasteiger partial charge in [0.2, 0.25) is 0 Å². The first-order valence-corrected chi connectivity index (χ1v) is 25.2. The molecule has 0 fully saturated rings. The van der Waals surface area contributed by atoms with Gasteiger partial charge >= 0.3 is 0 Å². The van der Waals surface area contributed by atoms with Crippen LogP contribution in [-0.4, -0.2) is 33.6 Å². The molecular formula is C62H51FN8O6S. The van der Waals surface area contributed by atoms with Crippen LogP contribution in [0.15, 0.2) is 219 Å². The first-order valence-electron chi connectivity index (χ1n) is 24.3. The SMILES string of the molecule is C.Cc1cccc(-c2nc3ccccc3n(Cc3ccco3)c2=O)c1.Cc1cccc(-c2nc3ccccc3n(Cc3cccs3)c2=O)c1.Nc1ccc([N+](=O)[O-])cc1-c1nc2cc(F)ccc2n(Cc2ccccc2)c1=O. The monoisotopic (exact) mass is 1050 g/mol. The minimum atomic E-state index is -0.577. The van der Waals surface area contributed by atoms with Gasteiger partial charge in [0.1, 0.15) is 28.7 Å². The van der Waals surface area contributed by atoms with Crippen LogP contribution in [-0.2, 0) is 19.6 Å². The molecule has 5 heterocycles. The number of hydrogen-bond donors (Lipinski definition) is 1. The van der Waals surface area contributed by atoms with Crippen LogP contribution in [0.5, 0.6) is 0 Å². The number of benzene rings is 7. The van der Waals surface area contributed by atoms with Gasteiger partial charge in [0.15, 0.2) is 0 Å². The van der Waals surface area contributed by atoms with Crippen LogP contribution >= 0.6 is 11.3 Å². The number of furan rings is 1. The Labute approximate surface area is 450 Å². The molecule has 388 valence electrons. The number of rotatable bonds is 10. The number of thiophene rings is 1. The Morgan fingerprint density at radius 1 is 0.564 bits per heavy atom. The predicted molar refractivity (Wildman–Crippen MR) is 308 cm³/mol. The number of para-hydroxylation sites is 4. The molecule has 12 aromatic rings. The van der Waals surface area contributed by atoms with Crippen LogP contribution in [0, 0.1) is 29.8 Å². The zero-order valence-electron chi connectivity index (χ0n) is 41.6. The number of nitro groups is 1. The van der Waals surface area contributed by atoms with Crippen LogP contribution in [0.3, 0.4) is 0 Å². The lowest BCUT2D eigenvalue weighted by Crippen LogP contribution is -2.24. The van der Waals surface area contributed by atoms with Gasteiger partial charge in [-0.1, -0.05) is 116 Å². The predicted octanol–water partition coefficient (Wildman–Crippen LogP) is 12.9. The lowest BCUT2D eigenvalue weighted by molar-refractivity contribution is -0.384. The second-order valence-electron chi connectivity index (χ2n) is 18.1. The molecule has 0 amide bonds. The number of non-ortho nitro benzene ring substituents is 1. The Kier molecular flexibility index (Phi) is 15.8. The molecule has 0 spiro atoms. The van der Waals surface area contributed by atoms with Gasteiger partial charge in [-0.05, 0) is 97.6 Å². The number of nitrogens with zero attached hydrogens (tertiary/aromatic N) is 7. The summed E-state index contributed by atoms with van der Waals surface area (Å²) in [7, 11) is 0. The summed E-state index contributed by atoms with van der Waals surface area (Å²) in [5.74, 6) is 0.233. The molecule has 0 unspecified atom stereocenters. The number of nitro benzene ring substituents is 1. The number of fused-ring (bicyclic) bond motifs is 3. The lowest BCUT2D eigenvalue weighted by atomic mass is 10.1. The average molecular weight is 1060 g/mol. The van der Waals surface area contributed by atoms with E-state index in [2.05, 4.69) is 21.0 Å². The summed E-state index contributed by atoms with van der Waals surface area (Å²) >= 11 is 1.66. The second-order valence-corrected chi connectivity index (χ2v) is 19.1. The van der Waals surface area contributed by atoms with Crippen molar-refractivity contribution in [2.45, 2.75) is 40.9 Å². The zero-order chi connectivity index (χ0) is 53.6. The molecule has 0 radical (unpaired) electrons. The van der Waals surface area contributed by atoms with Crippen LogP contribution in [0.1, 0.15) is 34.8 Å². The van der Waals surface area contributed by atoms with Gasteiger partial charge in [-0.25, -0.2) is 19.3 Å². The van der Waals surface area contributed by atoms with Crippen molar-refractivity contribution in [3.63, 3.8) is 0 Å². The number of nitrogen functional groups attached to an aromatic ring is 1. The number of halogens is 1. The van der Waals surface area contributed by atoms with Crippen LogP contribution in [0.4, 0.5) is 15.8 Å². The largest absolute Gasteiger partial charge is 0.467 e. The van der Waals surface area contributed by atoms with Crippen molar-refractivity contribution in [2.24, 2.45) is 0 Å². The maximum atomic E-state index is 13.8. The molecule has 0 bridgehead atoms. The second kappa shape index (κ2) is 23.3. The molecule has 0 aliphatic heterocycles. The molecule has 0 saturated carbocycles. The van der Waals surface area contributed by atoms with E-state index in [1.54, 1.807) is 22.2 Å². The molecule has 2 N–H and O–H groups in total. The first kappa shape index (κ1) is 52.9. The van der Waals surface area contributed by atoms with E-state index in [1.165, 1.54) is 41.0 Å². The number of aryl methyl sites for hydroxylation is 2. The van der Waals surface area contributed by atoms with Crippen LogP contribution in [0.2, 0.25) is 0 Å². The van der Waals surface area contributed by atoms with Crippen molar-refractivity contribution in [1.29, 1.82) is 0 Å². The van der Waals surface area contributed by atoms with Crippen LogP contribution in [0.25, 0.3) is 66.9 Å². The van der Waals surface area contributed by atoms with Crippen LogP contribution < -0.4 is 22.4 Å². The molecule has 14 nitrogen and oxygen atoms in total. The van der Waals surface area contributed by atoms with Gasteiger partial charge in [-0.3, -0.25) is 33.6 Å². The number of hydrogen-bond acceptors (Lipinski definition) is 11. The minimum Gasteiger partial charge on any atom is -0.467 e. The summed E-state index contributed by atoms with van der Waals surface area (Å²) in [5, 5.41) is 13.2.